The average molecular weight is 329 g/mol. The molecule has 0 unspecified atom stereocenters. The summed E-state index contributed by atoms with van der Waals surface area (Å²) in [6.07, 6.45) is 2.14. The van der Waals surface area contributed by atoms with Crippen LogP contribution in [0.15, 0.2) is 24.5 Å². The number of hydrogen-bond acceptors (Lipinski definition) is 5. The first-order valence-corrected chi connectivity index (χ1v) is 8.66. The molecule has 0 spiro atoms. The molecule has 0 saturated heterocycles. The van der Waals surface area contributed by atoms with E-state index in [0.29, 0.717) is 24.5 Å². The summed E-state index contributed by atoms with van der Waals surface area (Å²) in [7, 11) is -3.12. The zero-order valence-corrected chi connectivity index (χ0v) is 13.2. The minimum Gasteiger partial charge on any atom is -0.369 e. The van der Waals surface area contributed by atoms with E-state index >= 15 is 0 Å². The maximum atomic E-state index is 11.3. The van der Waals surface area contributed by atoms with Gasteiger partial charge >= 0.3 is 0 Å². The molecule has 1 heterocycles. The van der Waals surface area contributed by atoms with Gasteiger partial charge in [-0.2, -0.15) is 0 Å². The Morgan fingerprint density at radius 3 is 2.81 bits per heavy atom. The van der Waals surface area contributed by atoms with Crippen molar-refractivity contribution in [1.29, 1.82) is 0 Å². The normalized spacial score (nSPS) is 11.7. The first-order valence-electron chi connectivity index (χ1n) is 6.63. The lowest BCUT2D eigenvalue weighted by Crippen LogP contribution is -2.27. The molecule has 0 aliphatic rings. The van der Waals surface area contributed by atoms with E-state index in [1.165, 1.54) is 6.33 Å². The Morgan fingerprint density at radius 1 is 1.24 bits per heavy atom. The first kappa shape index (κ1) is 15.9. The highest BCUT2D eigenvalue weighted by Crippen LogP contribution is 2.22. The van der Waals surface area contributed by atoms with E-state index in [4.69, 9.17) is 11.6 Å². The fraction of sp³-hybridized carbons (Fsp3) is 0.385. The third-order valence-electron chi connectivity index (χ3n) is 2.95. The van der Waals surface area contributed by atoms with Gasteiger partial charge in [-0.05, 0) is 31.5 Å². The quantitative estimate of drug-likeness (QED) is 0.760. The van der Waals surface area contributed by atoms with Crippen LogP contribution in [-0.2, 0) is 10.0 Å². The summed E-state index contributed by atoms with van der Waals surface area (Å²) in [5, 5.41) is 4.69. The number of aromatic nitrogens is 2. The number of nitrogens with one attached hydrogen (secondary N) is 2. The Bertz CT molecular complexity index is 721. The van der Waals surface area contributed by atoms with Gasteiger partial charge in [0.05, 0.1) is 11.3 Å². The van der Waals surface area contributed by atoms with E-state index < -0.39 is 10.0 Å². The van der Waals surface area contributed by atoms with Gasteiger partial charge in [0, 0.05) is 23.5 Å². The van der Waals surface area contributed by atoms with Crippen molar-refractivity contribution in [1.82, 2.24) is 14.7 Å². The maximum Gasteiger partial charge on any atom is 0.211 e. The minimum absolute atomic E-state index is 0.0950. The molecule has 2 rings (SSSR count). The summed E-state index contributed by atoms with van der Waals surface area (Å²) < 4.78 is 25.1. The van der Waals surface area contributed by atoms with Gasteiger partial charge in [-0.3, -0.25) is 0 Å². The van der Waals surface area contributed by atoms with Crippen molar-refractivity contribution in [3.05, 3.63) is 29.5 Å². The van der Waals surface area contributed by atoms with E-state index in [1.54, 1.807) is 19.1 Å². The molecule has 0 atom stereocenters. The number of nitrogens with zero attached hydrogens (tertiary/aromatic N) is 2. The average Bonchev–Trinajstić information content (AvgIpc) is 2.46. The van der Waals surface area contributed by atoms with Crippen LogP contribution < -0.4 is 10.0 Å². The molecule has 0 fully saturated rings. The Kier molecular flexibility index (Phi) is 5.33. The van der Waals surface area contributed by atoms with E-state index in [2.05, 4.69) is 20.0 Å². The van der Waals surface area contributed by atoms with Crippen molar-refractivity contribution in [3.8, 4) is 0 Å². The summed E-state index contributed by atoms with van der Waals surface area (Å²) in [4.78, 5) is 8.36. The topological polar surface area (TPSA) is 84.0 Å². The molecule has 2 aromatic rings. The van der Waals surface area contributed by atoms with Gasteiger partial charge < -0.3 is 5.32 Å². The summed E-state index contributed by atoms with van der Waals surface area (Å²) in [6, 6.07) is 5.42. The number of hydrogen-bond donors (Lipinski definition) is 2. The van der Waals surface area contributed by atoms with Crippen molar-refractivity contribution in [2.24, 2.45) is 0 Å². The van der Waals surface area contributed by atoms with Gasteiger partial charge in [-0.25, -0.2) is 23.1 Å². The molecule has 0 aliphatic heterocycles. The van der Waals surface area contributed by atoms with Crippen molar-refractivity contribution in [2.75, 3.05) is 24.2 Å². The highest BCUT2D eigenvalue weighted by atomic mass is 35.5. The largest absolute Gasteiger partial charge is 0.369 e. The van der Waals surface area contributed by atoms with Gasteiger partial charge in [0.1, 0.15) is 12.1 Å². The van der Waals surface area contributed by atoms with Gasteiger partial charge in [0.2, 0.25) is 10.0 Å². The zero-order valence-electron chi connectivity index (χ0n) is 11.6. The number of rotatable bonds is 7. The molecule has 2 N–H and O–H groups in total. The molecule has 21 heavy (non-hydrogen) atoms. The predicted octanol–water partition coefficient (Wildman–Crippen LogP) is 2.02. The summed E-state index contributed by atoms with van der Waals surface area (Å²) in [6.45, 7) is 2.62. The number of sulfonamides is 1. The van der Waals surface area contributed by atoms with Crippen LogP contribution in [-0.4, -0.2) is 37.2 Å². The lowest BCUT2D eigenvalue weighted by atomic mass is 10.2. The van der Waals surface area contributed by atoms with E-state index in [1.807, 2.05) is 6.07 Å². The Balaban J connectivity index is 1.92. The van der Waals surface area contributed by atoms with Crippen molar-refractivity contribution >= 4 is 38.3 Å². The predicted molar refractivity (Wildman–Crippen MR) is 85.1 cm³/mol. The second-order valence-corrected chi connectivity index (χ2v) is 6.99. The monoisotopic (exact) mass is 328 g/mol. The maximum absolute atomic E-state index is 11.3. The van der Waals surface area contributed by atoms with Crippen LogP contribution in [0.4, 0.5) is 5.82 Å². The van der Waals surface area contributed by atoms with Crippen LogP contribution in [0.1, 0.15) is 13.3 Å². The standard InChI is InChI=1S/C13H17ClN4O2S/c1-2-21(19,20)18-7-3-6-15-13-11-5-4-10(14)8-12(11)16-9-17-13/h4-5,8-9,18H,2-3,6-7H2,1H3,(H,15,16,17). The van der Waals surface area contributed by atoms with Crippen molar-refractivity contribution in [3.63, 3.8) is 0 Å². The SMILES string of the molecule is CCS(=O)(=O)NCCCNc1ncnc2cc(Cl)ccc12. The Morgan fingerprint density at radius 2 is 2.05 bits per heavy atom. The van der Waals surface area contributed by atoms with E-state index in [-0.39, 0.29) is 5.75 Å². The van der Waals surface area contributed by atoms with Crippen LogP contribution in [0.5, 0.6) is 0 Å². The molecule has 1 aromatic heterocycles. The molecule has 0 aliphatic carbocycles. The minimum atomic E-state index is -3.12. The van der Waals surface area contributed by atoms with E-state index in [9.17, 15) is 8.42 Å². The fourth-order valence-corrected chi connectivity index (χ4v) is 2.62. The number of anilines is 1. The third kappa shape index (κ3) is 4.52. The molecule has 0 radical (unpaired) electrons. The van der Waals surface area contributed by atoms with Gasteiger partial charge in [-0.1, -0.05) is 11.6 Å². The summed E-state index contributed by atoms with van der Waals surface area (Å²) in [5.74, 6) is 0.813. The molecular formula is C13H17ClN4O2S. The summed E-state index contributed by atoms with van der Waals surface area (Å²) in [5.41, 5.74) is 0.770. The Labute approximate surface area is 129 Å². The Hall–Kier alpha value is -1.44. The second-order valence-electron chi connectivity index (χ2n) is 4.46. The highest BCUT2D eigenvalue weighted by Gasteiger charge is 2.06. The second kappa shape index (κ2) is 7.02. The van der Waals surface area contributed by atoms with Crippen LogP contribution >= 0.6 is 11.6 Å². The van der Waals surface area contributed by atoms with Crippen LogP contribution in [0.25, 0.3) is 10.9 Å². The van der Waals surface area contributed by atoms with Gasteiger partial charge in [-0.15, -0.1) is 0 Å². The van der Waals surface area contributed by atoms with E-state index in [0.717, 1.165) is 16.7 Å². The zero-order chi connectivity index (χ0) is 15.3. The van der Waals surface area contributed by atoms with Crippen molar-refractivity contribution in [2.45, 2.75) is 13.3 Å². The first-order chi connectivity index (χ1) is 10.0. The van der Waals surface area contributed by atoms with Crippen LogP contribution in [0.2, 0.25) is 5.02 Å². The number of halogens is 1. The molecular weight excluding hydrogens is 312 g/mol. The lowest BCUT2D eigenvalue weighted by Gasteiger charge is -2.09. The number of benzene rings is 1. The molecule has 0 saturated carbocycles. The van der Waals surface area contributed by atoms with Crippen molar-refractivity contribution < 1.29 is 8.42 Å². The molecule has 6 nitrogen and oxygen atoms in total. The third-order valence-corrected chi connectivity index (χ3v) is 4.59. The highest BCUT2D eigenvalue weighted by molar-refractivity contribution is 7.89. The van der Waals surface area contributed by atoms with Crippen LogP contribution in [0.3, 0.4) is 0 Å². The molecule has 0 bridgehead atoms. The summed E-state index contributed by atoms with van der Waals surface area (Å²) >= 11 is 5.93. The molecule has 114 valence electrons. The van der Waals surface area contributed by atoms with Gasteiger partial charge in [0.25, 0.3) is 0 Å². The van der Waals surface area contributed by atoms with Gasteiger partial charge in [0.15, 0.2) is 0 Å². The lowest BCUT2D eigenvalue weighted by molar-refractivity contribution is 0.581. The molecule has 0 amide bonds. The fourth-order valence-electron chi connectivity index (χ4n) is 1.80. The molecule has 8 heteroatoms. The smallest absolute Gasteiger partial charge is 0.211 e. The number of fused-ring (bicyclic) bond motifs is 1. The van der Waals surface area contributed by atoms with Crippen LogP contribution in [0, 0.1) is 0 Å². The molecule has 1 aromatic carbocycles.